The number of hydrogen-bond donors (Lipinski definition) is 0. The maximum atomic E-state index is 11.6. The zero-order valence-corrected chi connectivity index (χ0v) is 12.3. The van der Waals surface area contributed by atoms with Crippen LogP contribution in [0.15, 0.2) is 17.0 Å². The number of esters is 1. The van der Waals surface area contributed by atoms with E-state index in [1.807, 2.05) is 0 Å². The van der Waals surface area contributed by atoms with Crippen LogP contribution in [-0.4, -0.2) is 31.0 Å². The third-order valence-electron chi connectivity index (χ3n) is 2.52. The molecule has 4 nitrogen and oxygen atoms in total. The average Bonchev–Trinajstić information content (AvgIpc) is 2.39. The van der Waals surface area contributed by atoms with Crippen LogP contribution < -0.4 is 9.47 Å². The van der Waals surface area contributed by atoms with E-state index in [4.69, 9.17) is 25.8 Å². The molecule has 0 aromatic heterocycles. The molecule has 0 radical (unpaired) electrons. The standard InChI is InChI=1S/C13H15ClO4S/c1-3-16-13(15)8(2)19-12-7-11-10(6-9(12)14)17-4-5-18-11/h6-8H,3-5H2,1-2H3. The Labute approximate surface area is 121 Å². The highest BCUT2D eigenvalue weighted by Gasteiger charge is 2.20. The van der Waals surface area contributed by atoms with Crippen molar-refractivity contribution < 1.29 is 19.0 Å². The molecular weight excluding hydrogens is 288 g/mol. The molecule has 1 aliphatic heterocycles. The van der Waals surface area contributed by atoms with Crippen molar-refractivity contribution in [2.45, 2.75) is 24.0 Å². The van der Waals surface area contributed by atoms with Crippen LogP contribution >= 0.6 is 23.4 Å². The number of carbonyl (C=O) groups is 1. The van der Waals surface area contributed by atoms with Crippen LogP contribution in [0.5, 0.6) is 11.5 Å². The average molecular weight is 303 g/mol. The summed E-state index contributed by atoms with van der Waals surface area (Å²) >= 11 is 7.53. The summed E-state index contributed by atoms with van der Waals surface area (Å²) in [7, 11) is 0. The summed E-state index contributed by atoms with van der Waals surface area (Å²) in [5.74, 6) is 1.05. The largest absolute Gasteiger partial charge is 0.486 e. The minimum absolute atomic E-state index is 0.251. The van der Waals surface area contributed by atoms with E-state index in [2.05, 4.69) is 0 Å². The Bertz CT molecular complexity index is 478. The molecule has 0 bridgehead atoms. The number of ether oxygens (including phenoxy) is 3. The van der Waals surface area contributed by atoms with Gasteiger partial charge in [0.15, 0.2) is 11.5 Å². The maximum absolute atomic E-state index is 11.6. The highest BCUT2D eigenvalue weighted by Crippen LogP contribution is 2.40. The molecule has 0 spiro atoms. The molecule has 1 heterocycles. The first-order valence-corrected chi connectivity index (χ1v) is 7.30. The normalized spacial score (nSPS) is 14.9. The van der Waals surface area contributed by atoms with Crippen molar-refractivity contribution in [2.75, 3.05) is 19.8 Å². The van der Waals surface area contributed by atoms with Gasteiger partial charge in [0.2, 0.25) is 0 Å². The number of thioether (sulfide) groups is 1. The lowest BCUT2D eigenvalue weighted by Gasteiger charge is -2.20. The van der Waals surface area contributed by atoms with Crippen molar-refractivity contribution in [2.24, 2.45) is 0 Å². The smallest absolute Gasteiger partial charge is 0.319 e. The lowest BCUT2D eigenvalue weighted by molar-refractivity contribution is -0.142. The fourth-order valence-corrected chi connectivity index (χ4v) is 2.81. The van der Waals surface area contributed by atoms with Gasteiger partial charge < -0.3 is 14.2 Å². The van der Waals surface area contributed by atoms with E-state index in [1.165, 1.54) is 11.8 Å². The molecule has 1 atom stereocenters. The van der Waals surface area contributed by atoms with Gasteiger partial charge in [-0.05, 0) is 19.9 Å². The minimum atomic E-state index is -0.319. The highest BCUT2D eigenvalue weighted by atomic mass is 35.5. The fraction of sp³-hybridized carbons (Fsp3) is 0.462. The molecule has 0 N–H and O–H groups in total. The van der Waals surface area contributed by atoms with E-state index >= 15 is 0 Å². The lowest BCUT2D eigenvalue weighted by atomic mass is 10.3. The molecule has 0 aliphatic carbocycles. The molecular formula is C13H15ClO4S. The van der Waals surface area contributed by atoms with Gasteiger partial charge in [0.05, 0.1) is 11.6 Å². The van der Waals surface area contributed by atoms with E-state index in [1.54, 1.807) is 26.0 Å². The maximum Gasteiger partial charge on any atom is 0.319 e. The molecule has 0 amide bonds. The molecule has 0 saturated heterocycles. The van der Waals surface area contributed by atoms with E-state index in [0.29, 0.717) is 36.3 Å². The summed E-state index contributed by atoms with van der Waals surface area (Å²) in [5, 5.41) is 0.227. The van der Waals surface area contributed by atoms with Crippen molar-refractivity contribution in [3.63, 3.8) is 0 Å². The van der Waals surface area contributed by atoms with Crippen molar-refractivity contribution in [3.05, 3.63) is 17.2 Å². The first-order chi connectivity index (χ1) is 9.11. The van der Waals surface area contributed by atoms with Crippen LogP contribution in [0.3, 0.4) is 0 Å². The first-order valence-electron chi connectivity index (χ1n) is 6.04. The SMILES string of the molecule is CCOC(=O)C(C)Sc1cc2c(cc1Cl)OCCO2. The zero-order valence-electron chi connectivity index (χ0n) is 10.8. The van der Waals surface area contributed by atoms with Gasteiger partial charge >= 0.3 is 5.97 Å². The van der Waals surface area contributed by atoms with E-state index in [9.17, 15) is 4.79 Å². The molecule has 104 valence electrons. The summed E-state index contributed by atoms with van der Waals surface area (Å²) in [6, 6.07) is 3.52. The van der Waals surface area contributed by atoms with Gasteiger partial charge in [0.1, 0.15) is 18.5 Å². The van der Waals surface area contributed by atoms with Crippen molar-refractivity contribution in [3.8, 4) is 11.5 Å². The molecule has 1 aromatic carbocycles. The number of benzene rings is 1. The predicted molar refractivity (Wildman–Crippen MR) is 74.4 cm³/mol. The van der Waals surface area contributed by atoms with Crippen molar-refractivity contribution in [1.29, 1.82) is 0 Å². The molecule has 0 fully saturated rings. The first kappa shape index (κ1) is 14.3. The van der Waals surface area contributed by atoms with Crippen LogP contribution in [-0.2, 0) is 9.53 Å². The number of halogens is 1. The van der Waals surface area contributed by atoms with E-state index < -0.39 is 0 Å². The number of fused-ring (bicyclic) bond motifs is 1. The second-order valence-electron chi connectivity index (χ2n) is 3.94. The summed E-state index contributed by atoms with van der Waals surface area (Å²) < 4.78 is 15.9. The van der Waals surface area contributed by atoms with Gasteiger partial charge in [-0.25, -0.2) is 0 Å². The monoisotopic (exact) mass is 302 g/mol. The van der Waals surface area contributed by atoms with Crippen molar-refractivity contribution >= 4 is 29.3 Å². The molecule has 2 rings (SSSR count). The van der Waals surface area contributed by atoms with Gasteiger partial charge in [0, 0.05) is 11.0 Å². The van der Waals surface area contributed by atoms with Crippen LogP contribution in [0.2, 0.25) is 5.02 Å². The van der Waals surface area contributed by atoms with Crippen LogP contribution in [0, 0.1) is 0 Å². The number of carbonyl (C=O) groups excluding carboxylic acids is 1. The topological polar surface area (TPSA) is 44.8 Å². The van der Waals surface area contributed by atoms with E-state index in [0.717, 1.165) is 4.90 Å². The van der Waals surface area contributed by atoms with Gasteiger partial charge in [-0.1, -0.05) is 11.6 Å². The molecule has 1 unspecified atom stereocenters. The molecule has 0 saturated carbocycles. The third-order valence-corrected chi connectivity index (χ3v) is 4.08. The van der Waals surface area contributed by atoms with Gasteiger partial charge in [-0.3, -0.25) is 4.79 Å². The minimum Gasteiger partial charge on any atom is -0.486 e. The summed E-state index contributed by atoms with van der Waals surface area (Å²) in [6.07, 6.45) is 0. The Morgan fingerprint density at radius 1 is 1.42 bits per heavy atom. The Morgan fingerprint density at radius 2 is 2.05 bits per heavy atom. The third kappa shape index (κ3) is 3.48. The Hall–Kier alpha value is -1.07. The number of hydrogen-bond acceptors (Lipinski definition) is 5. The van der Waals surface area contributed by atoms with Gasteiger partial charge in [-0.15, -0.1) is 11.8 Å². The van der Waals surface area contributed by atoms with Crippen LogP contribution in [0.1, 0.15) is 13.8 Å². The number of rotatable bonds is 4. The summed E-state index contributed by atoms with van der Waals surface area (Å²) in [6.45, 7) is 4.99. The predicted octanol–water partition coefficient (Wildman–Crippen LogP) is 3.15. The summed E-state index contributed by atoms with van der Waals surface area (Å²) in [5.41, 5.74) is 0. The molecule has 19 heavy (non-hydrogen) atoms. The summed E-state index contributed by atoms with van der Waals surface area (Å²) in [4.78, 5) is 12.4. The Morgan fingerprint density at radius 3 is 2.68 bits per heavy atom. The highest BCUT2D eigenvalue weighted by molar-refractivity contribution is 8.00. The molecule has 1 aromatic rings. The lowest BCUT2D eigenvalue weighted by Crippen LogP contribution is -2.17. The van der Waals surface area contributed by atoms with E-state index in [-0.39, 0.29) is 11.2 Å². The van der Waals surface area contributed by atoms with Crippen molar-refractivity contribution in [1.82, 2.24) is 0 Å². The quantitative estimate of drug-likeness (QED) is 0.631. The van der Waals surface area contributed by atoms with Crippen LogP contribution in [0.4, 0.5) is 0 Å². The molecule has 1 aliphatic rings. The Kier molecular flexibility index (Phi) is 4.82. The second kappa shape index (κ2) is 6.39. The van der Waals surface area contributed by atoms with Gasteiger partial charge in [0.25, 0.3) is 0 Å². The Balaban J connectivity index is 2.14. The van der Waals surface area contributed by atoms with Crippen LogP contribution in [0.25, 0.3) is 0 Å². The van der Waals surface area contributed by atoms with Gasteiger partial charge in [-0.2, -0.15) is 0 Å². The zero-order chi connectivity index (χ0) is 13.8. The molecule has 6 heteroatoms. The fourth-order valence-electron chi connectivity index (χ4n) is 1.63. The second-order valence-corrected chi connectivity index (χ2v) is 5.73.